The predicted octanol–water partition coefficient (Wildman–Crippen LogP) is 2.85. The lowest BCUT2D eigenvalue weighted by atomic mass is 9.90. The van der Waals surface area contributed by atoms with E-state index in [9.17, 15) is 4.79 Å². The Hall–Kier alpha value is -0.860. The number of carbonyl (C=O) groups is 1. The fraction of sp³-hybridized carbons (Fsp3) is 0.500. The average Bonchev–Trinajstić information content (AvgIpc) is 2.31. The van der Waals surface area contributed by atoms with Crippen molar-refractivity contribution >= 4 is 18.2 Å². The molecule has 0 bridgehead atoms. The van der Waals surface area contributed by atoms with Crippen LogP contribution in [0, 0.1) is 5.92 Å². The normalized spacial score (nSPS) is 16.3. The maximum absolute atomic E-state index is 11.1. The van der Waals surface area contributed by atoms with E-state index in [4.69, 9.17) is 0 Å². The summed E-state index contributed by atoms with van der Waals surface area (Å²) < 4.78 is 0. The molecule has 0 atom stereocenters. The Morgan fingerprint density at radius 2 is 1.82 bits per heavy atom. The fourth-order valence-corrected chi connectivity index (χ4v) is 2.29. The van der Waals surface area contributed by atoms with Gasteiger partial charge in [0.1, 0.15) is 0 Å². The molecule has 1 aliphatic rings. The van der Waals surface area contributed by atoms with E-state index in [1.165, 1.54) is 18.4 Å². The quantitative estimate of drug-likeness (QED) is 0.840. The number of halogens is 1. The summed E-state index contributed by atoms with van der Waals surface area (Å²) in [5.74, 6) is 0.956. The van der Waals surface area contributed by atoms with Crippen LogP contribution in [0.25, 0.3) is 0 Å². The highest BCUT2D eigenvalue weighted by molar-refractivity contribution is 5.93. The molecule has 1 N–H and O–H groups in total. The van der Waals surface area contributed by atoms with Crippen molar-refractivity contribution in [3.8, 4) is 0 Å². The van der Waals surface area contributed by atoms with E-state index in [1.807, 2.05) is 12.1 Å². The fourth-order valence-electron chi connectivity index (χ4n) is 2.29. The van der Waals surface area contributed by atoms with Crippen molar-refractivity contribution in [1.82, 2.24) is 5.32 Å². The lowest BCUT2D eigenvalue weighted by molar-refractivity contribution is 0.101. The third kappa shape index (κ3) is 4.14. The second-order valence-corrected chi connectivity index (χ2v) is 4.65. The van der Waals surface area contributed by atoms with Crippen molar-refractivity contribution in [2.24, 2.45) is 5.92 Å². The van der Waals surface area contributed by atoms with E-state index in [-0.39, 0.29) is 18.2 Å². The first-order valence-electron chi connectivity index (χ1n) is 6.06. The van der Waals surface area contributed by atoms with Gasteiger partial charge >= 0.3 is 0 Å². The minimum atomic E-state index is 0. The lowest BCUT2D eigenvalue weighted by Gasteiger charge is -2.22. The van der Waals surface area contributed by atoms with E-state index in [1.54, 1.807) is 6.92 Å². The number of hydrogen-bond donors (Lipinski definition) is 1. The van der Waals surface area contributed by atoms with Gasteiger partial charge in [-0.2, -0.15) is 0 Å². The summed E-state index contributed by atoms with van der Waals surface area (Å²) >= 11 is 0. The van der Waals surface area contributed by atoms with E-state index in [2.05, 4.69) is 17.4 Å². The van der Waals surface area contributed by atoms with Gasteiger partial charge in [0, 0.05) is 5.56 Å². The molecule has 0 spiro atoms. The summed E-state index contributed by atoms with van der Waals surface area (Å²) in [5, 5.41) is 3.38. The number of carbonyl (C=O) groups excluding carboxylic acids is 1. The zero-order valence-corrected chi connectivity index (χ0v) is 11.1. The number of nitrogens with one attached hydrogen (secondary N) is 1. The summed E-state index contributed by atoms with van der Waals surface area (Å²) in [6, 6.07) is 8.08. The molecule has 0 saturated carbocycles. The van der Waals surface area contributed by atoms with Gasteiger partial charge in [0.15, 0.2) is 5.78 Å². The molecule has 0 amide bonds. The third-order valence-corrected chi connectivity index (χ3v) is 3.34. The van der Waals surface area contributed by atoms with E-state index in [0.29, 0.717) is 0 Å². The highest BCUT2D eigenvalue weighted by atomic mass is 35.5. The van der Waals surface area contributed by atoms with Crippen molar-refractivity contribution in [2.75, 3.05) is 13.1 Å². The van der Waals surface area contributed by atoms with Crippen LogP contribution in [0.1, 0.15) is 35.7 Å². The molecule has 0 aromatic heterocycles. The Labute approximate surface area is 109 Å². The summed E-state index contributed by atoms with van der Waals surface area (Å²) in [6.07, 6.45) is 3.70. The smallest absolute Gasteiger partial charge is 0.159 e. The van der Waals surface area contributed by atoms with Gasteiger partial charge in [-0.1, -0.05) is 24.3 Å². The van der Waals surface area contributed by atoms with Gasteiger partial charge in [-0.05, 0) is 50.8 Å². The average molecular weight is 254 g/mol. The molecule has 1 aliphatic heterocycles. The maximum atomic E-state index is 11.1. The first kappa shape index (κ1) is 14.2. The second kappa shape index (κ2) is 6.77. The molecule has 17 heavy (non-hydrogen) atoms. The molecule has 1 aromatic carbocycles. The maximum Gasteiger partial charge on any atom is 0.159 e. The zero-order chi connectivity index (χ0) is 11.4. The van der Waals surface area contributed by atoms with Gasteiger partial charge in [-0.3, -0.25) is 4.79 Å². The minimum absolute atomic E-state index is 0. The molecule has 2 nitrogen and oxygen atoms in total. The van der Waals surface area contributed by atoms with Gasteiger partial charge in [-0.15, -0.1) is 12.4 Å². The first-order chi connectivity index (χ1) is 7.75. The molecule has 0 unspecified atom stereocenters. The van der Waals surface area contributed by atoms with Crippen LogP contribution in [0.3, 0.4) is 0 Å². The molecule has 3 heteroatoms. The Morgan fingerprint density at radius 1 is 1.24 bits per heavy atom. The molecule has 94 valence electrons. The van der Waals surface area contributed by atoms with Crippen LogP contribution in [0.5, 0.6) is 0 Å². The molecule has 1 aromatic rings. The Bertz CT molecular complexity index is 355. The van der Waals surface area contributed by atoms with Gasteiger partial charge < -0.3 is 5.32 Å². The zero-order valence-electron chi connectivity index (χ0n) is 10.2. The Morgan fingerprint density at radius 3 is 2.35 bits per heavy atom. The third-order valence-electron chi connectivity index (χ3n) is 3.34. The molecule has 1 fully saturated rings. The molecular weight excluding hydrogens is 234 g/mol. The Kier molecular flexibility index (Phi) is 5.66. The van der Waals surface area contributed by atoms with Gasteiger partial charge in [0.05, 0.1) is 0 Å². The van der Waals surface area contributed by atoms with Crippen LogP contribution in [-0.2, 0) is 6.42 Å². The Balaban J connectivity index is 0.00000144. The van der Waals surface area contributed by atoms with Gasteiger partial charge in [-0.25, -0.2) is 0 Å². The highest BCUT2D eigenvalue weighted by Gasteiger charge is 2.13. The van der Waals surface area contributed by atoms with Crippen LogP contribution < -0.4 is 5.32 Å². The summed E-state index contributed by atoms with van der Waals surface area (Å²) in [7, 11) is 0. The molecular formula is C14H20ClNO. The number of hydrogen-bond acceptors (Lipinski definition) is 2. The van der Waals surface area contributed by atoms with Crippen molar-refractivity contribution in [3.05, 3.63) is 35.4 Å². The number of ketones is 1. The van der Waals surface area contributed by atoms with Gasteiger partial charge in [0.25, 0.3) is 0 Å². The number of piperidine rings is 1. The molecule has 1 heterocycles. The van der Waals surface area contributed by atoms with Gasteiger partial charge in [0.2, 0.25) is 0 Å². The van der Waals surface area contributed by atoms with Crippen LogP contribution in [0.2, 0.25) is 0 Å². The second-order valence-electron chi connectivity index (χ2n) is 4.65. The van der Waals surface area contributed by atoms with Crippen molar-refractivity contribution < 1.29 is 4.79 Å². The van der Waals surface area contributed by atoms with E-state index in [0.717, 1.165) is 31.0 Å². The summed E-state index contributed by atoms with van der Waals surface area (Å²) in [6.45, 7) is 3.91. The summed E-state index contributed by atoms with van der Waals surface area (Å²) in [5.41, 5.74) is 2.17. The lowest BCUT2D eigenvalue weighted by Crippen LogP contribution is -2.28. The van der Waals surface area contributed by atoms with Crippen molar-refractivity contribution in [3.63, 3.8) is 0 Å². The molecule has 0 aliphatic carbocycles. The number of Topliss-reactive ketones (excluding diaryl/α,β-unsaturated/α-hetero) is 1. The topological polar surface area (TPSA) is 29.1 Å². The minimum Gasteiger partial charge on any atom is -0.317 e. The van der Waals surface area contributed by atoms with E-state index < -0.39 is 0 Å². The number of rotatable bonds is 3. The van der Waals surface area contributed by atoms with Crippen LogP contribution in [0.15, 0.2) is 24.3 Å². The predicted molar refractivity (Wildman–Crippen MR) is 73.0 cm³/mol. The molecule has 1 saturated heterocycles. The first-order valence-corrected chi connectivity index (χ1v) is 6.06. The van der Waals surface area contributed by atoms with Crippen LogP contribution in [0.4, 0.5) is 0 Å². The summed E-state index contributed by atoms with van der Waals surface area (Å²) in [4.78, 5) is 11.1. The monoisotopic (exact) mass is 253 g/mol. The van der Waals surface area contributed by atoms with Crippen LogP contribution in [-0.4, -0.2) is 18.9 Å². The number of benzene rings is 1. The molecule has 0 radical (unpaired) electrons. The SMILES string of the molecule is CC(=O)c1ccc(CC2CCNCC2)cc1.Cl. The highest BCUT2D eigenvalue weighted by Crippen LogP contribution is 2.18. The van der Waals surface area contributed by atoms with Crippen molar-refractivity contribution in [1.29, 1.82) is 0 Å². The standard InChI is InChI=1S/C14H19NO.ClH/c1-11(16)14-4-2-12(3-5-14)10-13-6-8-15-9-7-13;/h2-5,13,15H,6-10H2,1H3;1H. The molecule has 2 rings (SSSR count). The van der Waals surface area contributed by atoms with Crippen molar-refractivity contribution in [2.45, 2.75) is 26.2 Å². The van der Waals surface area contributed by atoms with E-state index >= 15 is 0 Å². The largest absolute Gasteiger partial charge is 0.317 e. The van der Waals surface area contributed by atoms with Crippen LogP contribution >= 0.6 is 12.4 Å².